The zero-order valence-electron chi connectivity index (χ0n) is 10.8. The first-order valence-corrected chi connectivity index (χ1v) is 6.43. The van der Waals surface area contributed by atoms with Gasteiger partial charge in [0.25, 0.3) is 0 Å². The largest absolute Gasteiger partial charge is 0.486 e. The lowest BCUT2D eigenvalue weighted by Gasteiger charge is -2.22. The van der Waals surface area contributed by atoms with Crippen molar-refractivity contribution in [3.63, 3.8) is 0 Å². The van der Waals surface area contributed by atoms with E-state index in [9.17, 15) is 4.79 Å². The third-order valence-electron chi connectivity index (χ3n) is 2.74. The van der Waals surface area contributed by atoms with Crippen LogP contribution in [0.25, 0.3) is 0 Å². The molecule has 1 aliphatic rings. The lowest BCUT2D eigenvalue weighted by atomic mass is 10.1. The Hall–Kier alpha value is -1.90. The van der Waals surface area contributed by atoms with Crippen LogP contribution >= 0.6 is 11.6 Å². The first-order chi connectivity index (χ1) is 9.60. The van der Waals surface area contributed by atoms with Crippen LogP contribution in [0, 0.1) is 12.3 Å². The SMILES string of the molecule is C#CCN(CC(=O)O)Cc1cc(Cl)c2c(c1)OCCO2. The van der Waals surface area contributed by atoms with Gasteiger partial charge in [0.15, 0.2) is 11.5 Å². The van der Waals surface area contributed by atoms with Crippen LogP contribution in [0.1, 0.15) is 5.56 Å². The first kappa shape index (κ1) is 14.5. The molecule has 0 radical (unpaired) electrons. The Bertz CT molecular complexity index is 553. The smallest absolute Gasteiger partial charge is 0.317 e. The molecule has 0 atom stereocenters. The fourth-order valence-electron chi connectivity index (χ4n) is 2.00. The third kappa shape index (κ3) is 3.56. The molecule has 20 heavy (non-hydrogen) atoms. The maximum atomic E-state index is 10.8. The van der Waals surface area contributed by atoms with Crippen molar-refractivity contribution >= 4 is 17.6 Å². The molecule has 5 nitrogen and oxygen atoms in total. The van der Waals surface area contributed by atoms with Crippen LogP contribution in [0.5, 0.6) is 11.5 Å². The van der Waals surface area contributed by atoms with Crippen molar-refractivity contribution in [2.75, 3.05) is 26.3 Å². The summed E-state index contributed by atoms with van der Waals surface area (Å²) in [5.41, 5.74) is 0.829. The molecule has 1 aromatic rings. The van der Waals surface area contributed by atoms with Gasteiger partial charge < -0.3 is 14.6 Å². The molecule has 0 aliphatic carbocycles. The van der Waals surface area contributed by atoms with E-state index in [0.29, 0.717) is 36.3 Å². The molecule has 0 amide bonds. The molecule has 0 saturated carbocycles. The van der Waals surface area contributed by atoms with Crippen LogP contribution in [0.15, 0.2) is 12.1 Å². The number of aliphatic carboxylic acids is 1. The van der Waals surface area contributed by atoms with Gasteiger partial charge >= 0.3 is 5.97 Å². The summed E-state index contributed by atoms with van der Waals surface area (Å²) in [6, 6.07) is 3.53. The van der Waals surface area contributed by atoms with Crippen LogP contribution in [0.2, 0.25) is 5.02 Å². The Morgan fingerprint density at radius 2 is 2.20 bits per heavy atom. The summed E-state index contributed by atoms with van der Waals surface area (Å²) in [7, 11) is 0. The summed E-state index contributed by atoms with van der Waals surface area (Å²) < 4.78 is 10.9. The van der Waals surface area contributed by atoms with Gasteiger partial charge in [-0.15, -0.1) is 6.42 Å². The van der Waals surface area contributed by atoms with E-state index in [1.807, 2.05) is 0 Å². The topological polar surface area (TPSA) is 59.0 Å². The van der Waals surface area contributed by atoms with Gasteiger partial charge in [0, 0.05) is 6.54 Å². The summed E-state index contributed by atoms with van der Waals surface area (Å²) in [4.78, 5) is 12.4. The zero-order valence-corrected chi connectivity index (χ0v) is 11.5. The summed E-state index contributed by atoms with van der Waals surface area (Å²) in [6.45, 7) is 1.44. The maximum absolute atomic E-state index is 10.8. The maximum Gasteiger partial charge on any atom is 0.317 e. The second-order valence-corrected chi connectivity index (χ2v) is 4.75. The average Bonchev–Trinajstić information content (AvgIpc) is 2.38. The van der Waals surface area contributed by atoms with E-state index in [0.717, 1.165) is 5.56 Å². The number of hydrogen-bond donors (Lipinski definition) is 1. The summed E-state index contributed by atoms with van der Waals surface area (Å²) >= 11 is 6.13. The molecule has 0 spiro atoms. The van der Waals surface area contributed by atoms with E-state index in [-0.39, 0.29) is 13.1 Å². The van der Waals surface area contributed by atoms with Gasteiger partial charge in [-0.2, -0.15) is 0 Å². The Kier molecular flexibility index (Phi) is 4.72. The lowest BCUT2D eigenvalue weighted by Crippen LogP contribution is -2.29. The highest BCUT2D eigenvalue weighted by Gasteiger charge is 2.18. The number of nitrogens with zero attached hydrogens (tertiary/aromatic N) is 1. The van der Waals surface area contributed by atoms with Crippen LogP contribution in [-0.4, -0.2) is 42.3 Å². The highest BCUT2D eigenvalue weighted by molar-refractivity contribution is 6.32. The Morgan fingerprint density at radius 3 is 2.90 bits per heavy atom. The molecule has 1 aromatic carbocycles. The predicted octanol–water partition coefficient (Wildman–Crippen LogP) is 1.63. The van der Waals surface area contributed by atoms with E-state index in [1.54, 1.807) is 17.0 Å². The van der Waals surface area contributed by atoms with E-state index in [1.165, 1.54) is 0 Å². The van der Waals surface area contributed by atoms with Gasteiger partial charge in [-0.25, -0.2) is 0 Å². The second kappa shape index (κ2) is 6.51. The van der Waals surface area contributed by atoms with Crippen molar-refractivity contribution in [1.82, 2.24) is 4.90 Å². The van der Waals surface area contributed by atoms with Crippen molar-refractivity contribution in [3.8, 4) is 23.8 Å². The second-order valence-electron chi connectivity index (χ2n) is 4.34. The molecule has 0 bridgehead atoms. The Morgan fingerprint density at radius 1 is 1.45 bits per heavy atom. The first-order valence-electron chi connectivity index (χ1n) is 6.06. The molecule has 2 rings (SSSR count). The van der Waals surface area contributed by atoms with Gasteiger partial charge in [0.1, 0.15) is 13.2 Å². The number of carboxylic acids is 1. The number of hydrogen-bond acceptors (Lipinski definition) is 4. The standard InChI is InChI=1S/C14H14ClNO4/c1-2-3-16(9-13(17)18)8-10-6-11(15)14-12(7-10)19-4-5-20-14/h1,6-7H,3-5,8-9H2,(H,17,18). The van der Waals surface area contributed by atoms with Crippen molar-refractivity contribution in [2.24, 2.45) is 0 Å². The normalized spacial score (nSPS) is 13.1. The highest BCUT2D eigenvalue weighted by atomic mass is 35.5. The number of halogens is 1. The third-order valence-corrected chi connectivity index (χ3v) is 3.02. The summed E-state index contributed by atoms with van der Waals surface area (Å²) in [6.07, 6.45) is 5.24. The minimum Gasteiger partial charge on any atom is -0.486 e. The highest BCUT2D eigenvalue weighted by Crippen LogP contribution is 2.38. The molecule has 0 saturated heterocycles. The predicted molar refractivity (Wildman–Crippen MR) is 74.2 cm³/mol. The fourth-order valence-corrected chi connectivity index (χ4v) is 2.29. The lowest BCUT2D eigenvalue weighted by molar-refractivity contribution is -0.138. The summed E-state index contributed by atoms with van der Waals surface area (Å²) in [5, 5.41) is 9.31. The summed E-state index contributed by atoms with van der Waals surface area (Å²) in [5.74, 6) is 2.63. The van der Waals surface area contributed by atoms with Crippen LogP contribution < -0.4 is 9.47 Å². The number of terminal acetylenes is 1. The molecular formula is C14H14ClNO4. The molecule has 1 N–H and O–H groups in total. The Labute approximate surface area is 122 Å². The quantitative estimate of drug-likeness (QED) is 0.837. The molecular weight excluding hydrogens is 282 g/mol. The van der Waals surface area contributed by atoms with E-state index >= 15 is 0 Å². The minimum absolute atomic E-state index is 0.129. The average molecular weight is 296 g/mol. The number of fused-ring (bicyclic) bond motifs is 1. The minimum atomic E-state index is -0.927. The Balaban J connectivity index is 2.17. The van der Waals surface area contributed by atoms with Gasteiger partial charge in [-0.1, -0.05) is 17.5 Å². The van der Waals surface area contributed by atoms with Gasteiger partial charge in [-0.3, -0.25) is 9.69 Å². The zero-order chi connectivity index (χ0) is 14.5. The molecule has 1 heterocycles. The fraction of sp³-hybridized carbons (Fsp3) is 0.357. The van der Waals surface area contributed by atoms with Gasteiger partial charge in [0.2, 0.25) is 0 Å². The van der Waals surface area contributed by atoms with Crippen LogP contribution in [-0.2, 0) is 11.3 Å². The monoisotopic (exact) mass is 295 g/mol. The number of carboxylic acid groups (broad SMARTS) is 1. The number of benzene rings is 1. The molecule has 0 fully saturated rings. The van der Waals surface area contributed by atoms with Crippen molar-refractivity contribution in [3.05, 3.63) is 22.7 Å². The van der Waals surface area contributed by atoms with Gasteiger partial charge in [0.05, 0.1) is 18.1 Å². The number of ether oxygens (including phenoxy) is 2. The molecule has 6 heteroatoms. The molecule has 1 aliphatic heterocycles. The molecule has 106 valence electrons. The number of carbonyl (C=O) groups is 1. The van der Waals surface area contributed by atoms with Gasteiger partial charge in [-0.05, 0) is 17.7 Å². The molecule has 0 unspecified atom stereocenters. The van der Waals surface area contributed by atoms with Crippen LogP contribution in [0.3, 0.4) is 0 Å². The van der Waals surface area contributed by atoms with E-state index < -0.39 is 5.97 Å². The van der Waals surface area contributed by atoms with Crippen molar-refractivity contribution in [1.29, 1.82) is 0 Å². The van der Waals surface area contributed by atoms with E-state index in [2.05, 4.69) is 5.92 Å². The van der Waals surface area contributed by atoms with Crippen LogP contribution in [0.4, 0.5) is 0 Å². The van der Waals surface area contributed by atoms with Crippen molar-refractivity contribution in [2.45, 2.75) is 6.54 Å². The number of rotatable bonds is 5. The van der Waals surface area contributed by atoms with Crippen molar-refractivity contribution < 1.29 is 19.4 Å². The molecule has 0 aromatic heterocycles. The van der Waals surface area contributed by atoms with E-state index in [4.69, 9.17) is 32.6 Å².